The molecule has 0 spiro atoms. The van der Waals surface area contributed by atoms with Gasteiger partial charge in [-0.1, -0.05) is 25.5 Å². The molecule has 0 aliphatic carbocycles. The third kappa shape index (κ3) is 4.25. The van der Waals surface area contributed by atoms with Crippen LogP contribution in [0.2, 0.25) is 0 Å². The second kappa shape index (κ2) is 7.70. The van der Waals surface area contributed by atoms with E-state index in [0.29, 0.717) is 0 Å². The first-order valence-corrected chi connectivity index (χ1v) is 8.45. The SMILES string of the molecule is CCSc1ccc(C(C)NC(=O)C2CCCCN2)cc1. The molecule has 1 aromatic rings. The van der Waals surface area contributed by atoms with Gasteiger partial charge in [0, 0.05) is 4.90 Å². The number of piperidine rings is 1. The number of rotatable bonds is 5. The lowest BCUT2D eigenvalue weighted by Gasteiger charge is -2.24. The van der Waals surface area contributed by atoms with Gasteiger partial charge in [-0.15, -0.1) is 11.8 Å². The van der Waals surface area contributed by atoms with Gasteiger partial charge in [0.2, 0.25) is 5.91 Å². The number of hydrogen-bond acceptors (Lipinski definition) is 3. The van der Waals surface area contributed by atoms with E-state index >= 15 is 0 Å². The number of amides is 1. The van der Waals surface area contributed by atoms with Crippen LogP contribution in [-0.4, -0.2) is 24.2 Å². The van der Waals surface area contributed by atoms with E-state index in [1.165, 1.54) is 11.3 Å². The molecule has 0 bridgehead atoms. The Labute approximate surface area is 125 Å². The molecule has 0 aromatic heterocycles. The van der Waals surface area contributed by atoms with Crippen LogP contribution in [0, 0.1) is 0 Å². The van der Waals surface area contributed by atoms with Gasteiger partial charge < -0.3 is 10.6 Å². The van der Waals surface area contributed by atoms with Crippen LogP contribution in [0.5, 0.6) is 0 Å². The van der Waals surface area contributed by atoms with Crippen LogP contribution in [0.1, 0.15) is 44.7 Å². The number of benzene rings is 1. The lowest BCUT2D eigenvalue weighted by Crippen LogP contribution is -2.47. The summed E-state index contributed by atoms with van der Waals surface area (Å²) in [7, 11) is 0. The summed E-state index contributed by atoms with van der Waals surface area (Å²) in [5.74, 6) is 1.21. The van der Waals surface area contributed by atoms with Crippen molar-refractivity contribution in [3.63, 3.8) is 0 Å². The van der Waals surface area contributed by atoms with E-state index in [4.69, 9.17) is 0 Å². The summed E-state index contributed by atoms with van der Waals surface area (Å²) < 4.78 is 0. The van der Waals surface area contributed by atoms with Crippen molar-refractivity contribution in [3.05, 3.63) is 29.8 Å². The molecule has 2 rings (SSSR count). The van der Waals surface area contributed by atoms with Crippen molar-refractivity contribution in [2.45, 2.75) is 50.1 Å². The fourth-order valence-electron chi connectivity index (χ4n) is 2.49. The predicted octanol–water partition coefficient (Wildman–Crippen LogP) is 3.12. The largest absolute Gasteiger partial charge is 0.348 e. The van der Waals surface area contributed by atoms with E-state index in [2.05, 4.69) is 41.8 Å². The van der Waals surface area contributed by atoms with E-state index in [-0.39, 0.29) is 18.0 Å². The summed E-state index contributed by atoms with van der Waals surface area (Å²) in [6.45, 7) is 5.15. The van der Waals surface area contributed by atoms with Gasteiger partial charge in [0.1, 0.15) is 0 Å². The Morgan fingerprint density at radius 2 is 2.15 bits per heavy atom. The maximum atomic E-state index is 12.2. The number of hydrogen-bond donors (Lipinski definition) is 2. The smallest absolute Gasteiger partial charge is 0.237 e. The second-order valence-electron chi connectivity index (χ2n) is 5.23. The molecular weight excluding hydrogens is 268 g/mol. The fraction of sp³-hybridized carbons (Fsp3) is 0.562. The Bertz CT molecular complexity index is 427. The molecule has 1 aliphatic heterocycles. The molecular formula is C16H24N2OS. The van der Waals surface area contributed by atoms with Crippen molar-refractivity contribution < 1.29 is 4.79 Å². The highest BCUT2D eigenvalue weighted by molar-refractivity contribution is 7.99. The zero-order chi connectivity index (χ0) is 14.4. The van der Waals surface area contributed by atoms with Crippen molar-refractivity contribution in [1.82, 2.24) is 10.6 Å². The van der Waals surface area contributed by atoms with Crippen LogP contribution in [0.3, 0.4) is 0 Å². The summed E-state index contributed by atoms with van der Waals surface area (Å²) in [5, 5.41) is 6.40. The summed E-state index contributed by atoms with van der Waals surface area (Å²) >= 11 is 1.83. The summed E-state index contributed by atoms with van der Waals surface area (Å²) in [6.07, 6.45) is 3.27. The molecule has 110 valence electrons. The number of thioether (sulfide) groups is 1. The molecule has 2 atom stereocenters. The molecule has 1 amide bonds. The first-order valence-electron chi connectivity index (χ1n) is 7.47. The summed E-state index contributed by atoms with van der Waals surface area (Å²) in [5.41, 5.74) is 1.16. The summed E-state index contributed by atoms with van der Waals surface area (Å²) in [6, 6.07) is 8.53. The van der Waals surface area contributed by atoms with Gasteiger partial charge >= 0.3 is 0 Å². The Morgan fingerprint density at radius 1 is 1.40 bits per heavy atom. The first kappa shape index (κ1) is 15.4. The maximum absolute atomic E-state index is 12.2. The minimum Gasteiger partial charge on any atom is -0.348 e. The highest BCUT2D eigenvalue weighted by Gasteiger charge is 2.21. The van der Waals surface area contributed by atoms with E-state index in [1.807, 2.05) is 18.7 Å². The van der Waals surface area contributed by atoms with Crippen molar-refractivity contribution in [1.29, 1.82) is 0 Å². The van der Waals surface area contributed by atoms with Gasteiger partial charge in [0.15, 0.2) is 0 Å². The minimum atomic E-state index is -0.0129. The molecule has 2 N–H and O–H groups in total. The van der Waals surface area contributed by atoms with Crippen molar-refractivity contribution in [2.75, 3.05) is 12.3 Å². The van der Waals surface area contributed by atoms with Crippen molar-refractivity contribution >= 4 is 17.7 Å². The topological polar surface area (TPSA) is 41.1 Å². The third-order valence-electron chi connectivity index (χ3n) is 3.68. The van der Waals surface area contributed by atoms with Crippen LogP contribution in [0.15, 0.2) is 29.2 Å². The number of carbonyl (C=O) groups is 1. The minimum absolute atomic E-state index is 0.0129. The van der Waals surface area contributed by atoms with Crippen LogP contribution in [0.25, 0.3) is 0 Å². The molecule has 3 nitrogen and oxygen atoms in total. The van der Waals surface area contributed by atoms with Gasteiger partial charge in [-0.05, 0) is 49.8 Å². The second-order valence-corrected chi connectivity index (χ2v) is 6.57. The van der Waals surface area contributed by atoms with Gasteiger partial charge in [-0.2, -0.15) is 0 Å². The van der Waals surface area contributed by atoms with Crippen molar-refractivity contribution in [3.8, 4) is 0 Å². The molecule has 0 radical (unpaired) electrons. The molecule has 20 heavy (non-hydrogen) atoms. The average Bonchev–Trinajstić information content (AvgIpc) is 2.49. The van der Waals surface area contributed by atoms with Gasteiger partial charge in [-0.3, -0.25) is 4.79 Å². The third-order valence-corrected chi connectivity index (χ3v) is 4.57. The van der Waals surface area contributed by atoms with Gasteiger partial charge in [-0.25, -0.2) is 0 Å². The molecule has 1 fully saturated rings. The van der Waals surface area contributed by atoms with Crippen LogP contribution < -0.4 is 10.6 Å². The zero-order valence-electron chi connectivity index (χ0n) is 12.3. The normalized spacial score (nSPS) is 20.4. The summed E-state index contributed by atoms with van der Waals surface area (Å²) in [4.78, 5) is 13.5. The molecule has 1 aliphatic rings. The Kier molecular flexibility index (Phi) is 5.92. The molecule has 1 saturated heterocycles. The Hall–Kier alpha value is -1.00. The monoisotopic (exact) mass is 292 g/mol. The number of nitrogens with one attached hydrogen (secondary N) is 2. The van der Waals surface area contributed by atoms with Crippen LogP contribution in [-0.2, 0) is 4.79 Å². The highest BCUT2D eigenvalue weighted by Crippen LogP contribution is 2.21. The predicted molar refractivity (Wildman–Crippen MR) is 85.0 cm³/mol. The highest BCUT2D eigenvalue weighted by atomic mass is 32.2. The first-order chi connectivity index (χ1) is 9.70. The van der Waals surface area contributed by atoms with Gasteiger partial charge in [0.05, 0.1) is 12.1 Å². The fourth-order valence-corrected chi connectivity index (χ4v) is 3.15. The molecule has 1 heterocycles. The molecule has 0 saturated carbocycles. The lowest BCUT2D eigenvalue weighted by atomic mass is 10.0. The Morgan fingerprint density at radius 3 is 2.75 bits per heavy atom. The van der Waals surface area contributed by atoms with Gasteiger partial charge in [0.25, 0.3) is 0 Å². The number of carbonyl (C=O) groups excluding carboxylic acids is 1. The zero-order valence-corrected chi connectivity index (χ0v) is 13.1. The standard InChI is InChI=1S/C16H24N2OS/c1-3-20-14-9-7-13(8-10-14)12(2)18-16(19)15-6-4-5-11-17-15/h7-10,12,15,17H,3-6,11H2,1-2H3,(H,18,19). The molecule has 2 unspecified atom stereocenters. The van der Waals surface area contributed by atoms with E-state index in [0.717, 1.165) is 30.7 Å². The molecule has 4 heteroatoms. The van der Waals surface area contributed by atoms with E-state index < -0.39 is 0 Å². The molecule has 1 aromatic carbocycles. The van der Waals surface area contributed by atoms with E-state index in [9.17, 15) is 4.79 Å². The quantitative estimate of drug-likeness (QED) is 0.819. The average molecular weight is 292 g/mol. The van der Waals surface area contributed by atoms with Crippen LogP contribution >= 0.6 is 11.8 Å². The maximum Gasteiger partial charge on any atom is 0.237 e. The Balaban J connectivity index is 1.89. The van der Waals surface area contributed by atoms with E-state index in [1.54, 1.807) is 0 Å². The van der Waals surface area contributed by atoms with Crippen molar-refractivity contribution in [2.24, 2.45) is 0 Å². The lowest BCUT2D eigenvalue weighted by molar-refractivity contribution is -0.124. The van der Waals surface area contributed by atoms with Crippen LogP contribution in [0.4, 0.5) is 0 Å².